The largest absolute Gasteiger partial charge is 0.490 e. The van der Waals surface area contributed by atoms with Crippen molar-refractivity contribution in [2.75, 3.05) is 13.2 Å². The molecule has 180 valence electrons. The van der Waals surface area contributed by atoms with Gasteiger partial charge in [0.05, 0.1) is 18.1 Å². The van der Waals surface area contributed by atoms with Gasteiger partial charge in [-0.25, -0.2) is 0 Å². The van der Waals surface area contributed by atoms with Crippen molar-refractivity contribution in [2.45, 2.75) is 39.5 Å². The van der Waals surface area contributed by atoms with Crippen molar-refractivity contribution in [2.24, 2.45) is 0 Å². The Hall–Kier alpha value is -2.55. The molecule has 6 nitrogen and oxygen atoms in total. The van der Waals surface area contributed by atoms with Gasteiger partial charge in [0, 0.05) is 10.6 Å². The zero-order valence-electron chi connectivity index (χ0n) is 19.1. The Bertz CT molecular complexity index is 1070. The summed E-state index contributed by atoms with van der Waals surface area (Å²) in [5.74, 6) is 0.455. The van der Waals surface area contributed by atoms with Gasteiger partial charge in [-0.05, 0) is 73.6 Å². The average Bonchev–Trinajstić information content (AvgIpc) is 3.08. The molecule has 0 atom stereocenters. The molecule has 1 fully saturated rings. The van der Waals surface area contributed by atoms with Gasteiger partial charge in [-0.1, -0.05) is 55.6 Å². The topological polar surface area (TPSA) is 67.9 Å². The summed E-state index contributed by atoms with van der Waals surface area (Å²) in [5, 5.41) is 1.60. The number of hydrogen-bond acceptors (Lipinski definition) is 6. The molecule has 2 aromatic rings. The lowest BCUT2D eigenvalue weighted by Gasteiger charge is -2.15. The highest BCUT2D eigenvalue weighted by molar-refractivity contribution is 8.26. The predicted molar refractivity (Wildman–Crippen MR) is 141 cm³/mol. The number of rotatable bonds is 11. The van der Waals surface area contributed by atoms with Gasteiger partial charge in [-0.15, -0.1) is 0 Å². The van der Waals surface area contributed by atoms with Crippen LogP contribution in [0.15, 0.2) is 47.4 Å². The normalized spacial score (nSPS) is 14.6. The standard InChI is InChI=1S/C25H27ClN2O4S2/c1-3-5-6-7-14-32-20-13-8-17(15-21(20)31-4-2)16-22-24(30)28(25(33)34-22)27-23(29)18-9-11-19(26)12-10-18/h8-13,15-16H,3-7,14H2,1-2H3,(H,27,29)/b22-16-. The van der Waals surface area contributed by atoms with Crippen molar-refractivity contribution in [3.05, 3.63) is 63.5 Å². The number of nitrogens with zero attached hydrogens (tertiary/aromatic N) is 1. The van der Waals surface area contributed by atoms with E-state index in [2.05, 4.69) is 12.3 Å². The van der Waals surface area contributed by atoms with E-state index in [9.17, 15) is 9.59 Å². The molecular weight excluding hydrogens is 492 g/mol. The van der Waals surface area contributed by atoms with E-state index in [1.165, 1.54) is 12.8 Å². The fraction of sp³-hybridized carbons (Fsp3) is 0.320. The lowest BCUT2D eigenvalue weighted by Crippen LogP contribution is -2.44. The molecular formula is C25H27ClN2O4S2. The summed E-state index contributed by atoms with van der Waals surface area (Å²) in [6.45, 7) is 5.21. The van der Waals surface area contributed by atoms with Crippen LogP contribution in [0.1, 0.15) is 55.5 Å². The second-order valence-corrected chi connectivity index (χ2v) is 9.63. The first-order chi connectivity index (χ1) is 16.4. The van der Waals surface area contributed by atoms with Crippen LogP contribution in [0.25, 0.3) is 6.08 Å². The molecule has 0 aliphatic carbocycles. The highest BCUT2D eigenvalue weighted by Crippen LogP contribution is 2.34. The Morgan fingerprint density at radius 2 is 1.85 bits per heavy atom. The third kappa shape index (κ3) is 6.98. The van der Waals surface area contributed by atoms with Crippen LogP contribution in [0.2, 0.25) is 5.02 Å². The first-order valence-electron chi connectivity index (χ1n) is 11.2. The SMILES string of the molecule is CCCCCCOc1ccc(/C=C2\SC(=S)N(NC(=O)c3ccc(Cl)cc3)C2=O)cc1OCC. The predicted octanol–water partition coefficient (Wildman–Crippen LogP) is 6.24. The van der Waals surface area contributed by atoms with Gasteiger partial charge in [0.1, 0.15) is 0 Å². The van der Waals surface area contributed by atoms with Gasteiger partial charge in [-0.3, -0.25) is 15.0 Å². The Labute approximate surface area is 214 Å². The zero-order chi connectivity index (χ0) is 24.5. The number of carbonyl (C=O) groups excluding carboxylic acids is 2. The number of nitrogens with one attached hydrogen (secondary N) is 1. The van der Waals surface area contributed by atoms with Crippen LogP contribution in [-0.2, 0) is 4.79 Å². The summed E-state index contributed by atoms with van der Waals surface area (Å²) in [5.41, 5.74) is 3.70. The van der Waals surface area contributed by atoms with Crippen LogP contribution in [0.4, 0.5) is 0 Å². The Morgan fingerprint density at radius 3 is 2.56 bits per heavy atom. The third-order valence-electron chi connectivity index (χ3n) is 4.93. The van der Waals surface area contributed by atoms with Gasteiger partial charge in [0.25, 0.3) is 11.8 Å². The number of thiocarbonyl (C=S) groups is 1. The molecule has 0 saturated carbocycles. The van der Waals surface area contributed by atoms with Gasteiger partial charge >= 0.3 is 0 Å². The number of hydrazine groups is 1. The maximum Gasteiger partial charge on any atom is 0.285 e. The first-order valence-corrected chi connectivity index (χ1v) is 12.8. The van der Waals surface area contributed by atoms with E-state index in [0.717, 1.165) is 35.2 Å². The molecule has 3 rings (SSSR count). The van der Waals surface area contributed by atoms with E-state index in [1.807, 2.05) is 25.1 Å². The molecule has 1 aliphatic rings. The number of unbranched alkanes of at least 4 members (excludes halogenated alkanes) is 3. The molecule has 34 heavy (non-hydrogen) atoms. The molecule has 0 aromatic heterocycles. The highest BCUT2D eigenvalue weighted by Gasteiger charge is 2.33. The van der Waals surface area contributed by atoms with Crippen LogP contribution < -0.4 is 14.9 Å². The molecule has 2 aromatic carbocycles. The molecule has 1 heterocycles. The molecule has 1 N–H and O–H groups in total. The lowest BCUT2D eigenvalue weighted by atomic mass is 10.1. The van der Waals surface area contributed by atoms with Crippen LogP contribution in [-0.4, -0.2) is 34.4 Å². The second-order valence-electron chi connectivity index (χ2n) is 7.51. The van der Waals surface area contributed by atoms with Crippen LogP contribution >= 0.6 is 35.6 Å². The van der Waals surface area contributed by atoms with Gasteiger partial charge in [0.15, 0.2) is 15.8 Å². The number of amides is 2. The third-order valence-corrected chi connectivity index (χ3v) is 6.49. The minimum absolute atomic E-state index is 0.246. The van der Waals surface area contributed by atoms with Gasteiger partial charge in [-0.2, -0.15) is 5.01 Å². The molecule has 0 radical (unpaired) electrons. The smallest absolute Gasteiger partial charge is 0.285 e. The fourth-order valence-electron chi connectivity index (χ4n) is 3.20. The van der Waals surface area contributed by atoms with E-state index in [0.29, 0.717) is 40.2 Å². The first kappa shape index (κ1) is 26.1. The lowest BCUT2D eigenvalue weighted by molar-refractivity contribution is -0.123. The molecule has 2 amide bonds. The van der Waals surface area contributed by atoms with Gasteiger partial charge in [0.2, 0.25) is 0 Å². The van der Waals surface area contributed by atoms with Gasteiger partial charge < -0.3 is 9.47 Å². The molecule has 0 unspecified atom stereocenters. The van der Waals surface area contributed by atoms with Crippen LogP contribution in [0.5, 0.6) is 11.5 Å². The monoisotopic (exact) mass is 518 g/mol. The van der Waals surface area contributed by atoms with E-state index < -0.39 is 11.8 Å². The fourth-order valence-corrected chi connectivity index (χ4v) is 4.50. The molecule has 9 heteroatoms. The van der Waals surface area contributed by atoms with Crippen LogP contribution in [0, 0.1) is 0 Å². The number of hydrogen-bond donors (Lipinski definition) is 1. The summed E-state index contributed by atoms with van der Waals surface area (Å²) in [6.07, 6.45) is 6.22. The Morgan fingerprint density at radius 1 is 1.09 bits per heavy atom. The summed E-state index contributed by atoms with van der Waals surface area (Å²) in [7, 11) is 0. The molecule has 1 aliphatic heterocycles. The number of carbonyl (C=O) groups is 2. The van der Waals surface area contributed by atoms with Crippen molar-refractivity contribution in [3.8, 4) is 11.5 Å². The number of ether oxygens (including phenoxy) is 2. The van der Waals surface area contributed by atoms with Crippen molar-refractivity contribution in [1.82, 2.24) is 10.4 Å². The van der Waals surface area contributed by atoms with E-state index >= 15 is 0 Å². The maximum absolute atomic E-state index is 12.9. The number of benzene rings is 2. The second kappa shape index (κ2) is 12.8. The maximum atomic E-state index is 12.9. The molecule has 0 spiro atoms. The van der Waals surface area contributed by atoms with Crippen LogP contribution in [0.3, 0.4) is 0 Å². The van der Waals surface area contributed by atoms with Crippen molar-refractivity contribution in [3.63, 3.8) is 0 Å². The van der Waals surface area contributed by atoms with E-state index in [-0.39, 0.29) is 4.32 Å². The Kier molecular flexibility index (Phi) is 9.80. The van der Waals surface area contributed by atoms with E-state index in [4.69, 9.17) is 33.3 Å². The highest BCUT2D eigenvalue weighted by atomic mass is 35.5. The molecule has 1 saturated heterocycles. The number of thioether (sulfide) groups is 1. The van der Waals surface area contributed by atoms with Crippen molar-refractivity contribution < 1.29 is 19.1 Å². The summed E-state index contributed by atoms with van der Waals surface area (Å²) in [6, 6.07) is 11.9. The minimum atomic E-state index is -0.451. The van der Waals surface area contributed by atoms with Crippen molar-refractivity contribution >= 4 is 57.8 Å². The average molecular weight is 519 g/mol. The minimum Gasteiger partial charge on any atom is -0.490 e. The summed E-state index contributed by atoms with van der Waals surface area (Å²) < 4.78 is 11.9. The van der Waals surface area contributed by atoms with E-state index in [1.54, 1.807) is 30.3 Å². The molecule has 0 bridgehead atoms. The zero-order valence-corrected chi connectivity index (χ0v) is 21.5. The number of halogens is 1. The summed E-state index contributed by atoms with van der Waals surface area (Å²) in [4.78, 5) is 25.8. The Balaban J connectivity index is 1.70. The summed E-state index contributed by atoms with van der Waals surface area (Å²) >= 11 is 12.3. The quantitative estimate of drug-likeness (QED) is 0.215. The van der Waals surface area contributed by atoms with Crippen molar-refractivity contribution in [1.29, 1.82) is 0 Å².